The topological polar surface area (TPSA) is 6.25 Å². The molecule has 0 aromatic heterocycles. The lowest BCUT2D eigenvalue weighted by atomic mass is 10.0. The second-order valence-corrected chi connectivity index (χ2v) is 10.9. The summed E-state index contributed by atoms with van der Waals surface area (Å²) in [5.41, 5.74) is 6.66. The van der Waals surface area contributed by atoms with Crippen LogP contribution in [0.1, 0.15) is 16.7 Å². The molecule has 0 saturated carbocycles. The minimum absolute atomic E-state index is 0.648. The zero-order valence-corrected chi connectivity index (χ0v) is 20.5. The van der Waals surface area contributed by atoms with Crippen LogP contribution in [0.4, 0.5) is 11.4 Å². The summed E-state index contributed by atoms with van der Waals surface area (Å²) in [6, 6.07) is 35.4. The van der Waals surface area contributed by atoms with Gasteiger partial charge in [0.2, 0.25) is 6.34 Å². The fraction of sp³-hybridized carbons (Fsp3) is 0.167. The molecule has 0 spiro atoms. The van der Waals surface area contributed by atoms with Crippen molar-refractivity contribution in [3.05, 3.63) is 114 Å². The van der Waals surface area contributed by atoms with Gasteiger partial charge >= 0.3 is 0 Å². The van der Waals surface area contributed by atoms with Crippen LogP contribution in [0.5, 0.6) is 0 Å². The summed E-state index contributed by atoms with van der Waals surface area (Å²) in [6.07, 6.45) is 2.31. The van der Waals surface area contributed by atoms with E-state index in [9.17, 15) is 0 Å². The lowest BCUT2D eigenvalue weighted by Gasteiger charge is -2.22. The minimum Gasteiger partial charge on any atom is -0.229 e. The number of para-hydroxylation sites is 1. The average Bonchev–Trinajstić information content (AvgIpc) is 3.30. The Morgan fingerprint density at radius 2 is 1.24 bits per heavy atom. The van der Waals surface area contributed by atoms with Crippen LogP contribution < -0.4 is 20.8 Å². The van der Waals surface area contributed by atoms with Gasteiger partial charge in [-0.1, -0.05) is 90.5 Å². The largest absolute Gasteiger partial charge is 0.244 e. The quantitative estimate of drug-likeness (QED) is 0.286. The van der Waals surface area contributed by atoms with Gasteiger partial charge in [-0.15, -0.1) is 0 Å². The van der Waals surface area contributed by atoms with Crippen molar-refractivity contribution in [3.63, 3.8) is 0 Å². The number of nitrogens with zero attached hydrogens (tertiary/aromatic N) is 2. The first kappa shape index (κ1) is 21.6. The standard InChI is InChI=1S/C30H30N2P/c1-23-20-24(2)30(25(3)21-23)32-19-18-31(22-32)28-16-10-11-17-29(28)33(26-12-6-4-7-13-26)27-14-8-5-9-15-27/h4-17,20-22H,18-19H2,1-3H3/q+1. The van der Waals surface area contributed by atoms with E-state index in [0.29, 0.717) is 0 Å². The Balaban J connectivity index is 1.60. The number of anilines is 1. The van der Waals surface area contributed by atoms with Crippen LogP contribution >= 0.6 is 7.92 Å². The molecule has 0 unspecified atom stereocenters. The highest BCUT2D eigenvalue weighted by molar-refractivity contribution is 7.80. The summed E-state index contributed by atoms with van der Waals surface area (Å²) >= 11 is 0. The monoisotopic (exact) mass is 449 g/mol. The van der Waals surface area contributed by atoms with Crippen molar-refractivity contribution in [3.8, 4) is 0 Å². The van der Waals surface area contributed by atoms with Crippen molar-refractivity contribution in [1.29, 1.82) is 0 Å². The molecule has 1 aliphatic rings. The van der Waals surface area contributed by atoms with Crippen molar-refractivity contribution in [2.75, 3.05) is 18.0 Å². The Bertz CT molecular complexity index is 1230. The fourth-order valence-electron chi connectivity index (χ4n) is 4.95. The van der Waals surface area contributed by atoms with E-state index in [2.05, 4.69) is 134 Å². The number of aryl methyl sites for hydroxylation is 3. The highest BCUT2D eigenvalue weighted by atomic mass is 31.1. The summed E-state index contributed by atoms with van der Waals surface area (Å²) in [4.78, 5) is 2.44. The second-order valence-electron chi connectivity index (χ2n) is 8.74. The molecule has 0 aliphatic carbocycles. The van der Waals surface area contributed by atoms with Gasteiger partial charge in [0, 0.05) is 5.30 Å². The first-order valence-electron chi connectivity index (χ1n) is 11.6. The lowest BCUT2D eigenvalue weighted by molar-refractivity contribution is -0.425. The Kier molecular flexibility index (Phi) is 6.11. The number of hydrogen-bond donors (Lipinski definition) is 0. The maximum absolute atomic E-state index is 2.44. The molecular weight excluding hydrogens is 419 g/mol. The molecule has 5 rings (SSSR count). The molecule has 0 bridgehead atoms. The van der Waals surface area contributed by atoms with Crippen LogP contribution in [-0.2, 0) is 0 Å². The third kappa shape index (κ3) is 4.36. The third-order valence-electron chi connectivity index (χ3n) is 6.24. The molecule has 0 radical (unpaired) electrons. The second kappa shape index (κ2) is 9.33. The molecule has 1 aliphatic heterocycles. The lowest BCUT2D eigenvalue weighted by Crippen LogP contribution is -2.28. The van der Waals surface area contributed by atoms with Gasteiger partial charge in [0.25, 0.3) is 0 Å². The molecule has 4 aromatic carbocycles. The van der Waals surface area contributed by atoms with E-state index in [0.717, 1.165) is 13.1 Å². The van der Waals surface area contributed by atoms with Gasteiger partial charge in [-0.05, 0) is 62.6 Å². The Morgan fingerprint density at radius 1 is 0.697 bits per heavy atom. The maximum Gasteiger partial charge on any atom is 0.244 e. The molecule has 2 nitrogen and oxygen atoms in total. The molecule has 4 aromatic rings. The fourth-order valence-corrected chi connectivity index (χ4v) is 7.42. The summed E-state index contributed by atoms with van der Waals surface area (Å²) in [5.74, 6) is 0. The van der Waals surface area contributed by atoms with E-state index >= 15 is 0 Å². The van der Waals surface area contributed by atoms with Gasteiger partial charge in [-0.2, -0.15) is 0 Å². The molecule has 0 amide bonds. The third-order valence-corrected chi connectivity index (χ3v) is 8.73. The van der Waals surface area contributed by atoms with Crippen molar-refractivity contribution < 1.29 is 4.58 Å². The zero-order valence-electron chi connectivity index (χ0n) is 19.6. The van der Waals surface area contributed by atoms with E-state index in [1.54, 1.807) is 0 Å². The van der Waals surface area contributed by atoms with Crippen molar-refractivity contribution in [1.82, 2.24) is 0 Å². The van der Waals surface area contributed by atoms with E-state index in [4.69, 9.17) is 0 Å². The smallest absolute Gasteiger partial charge is 0.229 e. The zero-order chi connectivity index (χ0) is 22.8. The predicted octanol–water partition coefficient (Wildman–Crippen LogP) is 5.56. The summed E-state index contributed by atoms with van der Waals surface area (Å²) < 4.78 is 2.42. The first-order chi connectivity index (χ1) is 16.1. The molecule has 3 heteroatoms. The van der Waals surface area contributed by atoms with Crippen LogP contribution in [0, 0.1) is 20.8 Å². The van der Waals surface area contributed by atoms with Gasteiger partial charge in [0.1, 0.15) is 24.5 Å². The molecule has 164 valence electrons. The van der Waals surface area contributed by atoms with Crippen LogP contribution in [0.25, 0.3) is 0 Å². The van der Waals surface area contributed by atoms with Crippen LogP contribution in [0.2, 0.25) is 0 Å². The summed E-state index contributed by atoms with van der Waals surface area (Å²) in [7, 11) is -0.648. The molecular formula is C30H30N2P+. The Hall–Kier alpha value is -3.22. The van der Waals surface area contributed by atoms with Gasteiger partial charge in [-0.3, -0.25) is 0 Å². The van der Waals surface area contributed by atoms with Gasteiger partial charge in [0.15, 0.2) is 0 Å². The van der Waals surface area contributed by atoms with Crippen molar-refractivity contribution in [2.45, 2.75) is 20.8 Å². The highest BCUT2D eigenvalue weighted by Crippen LogP contribution is 2.37. The highest BCUT2D eigenvalue weighted by Gasteiger charge is 2.29. The van der Waals surface area contributed by atoms with Gasteiger partial charge < -0.3 is 0 Å². The Labute approximate surface area is 198 Å². The average molecular weight is 450 g/mol. The van der Waals surface area contributed by atoms with E-state index in [-0.39, 0.29) is 0 Å². The van der Waals surface area contributed by atoms with Gasteiger partial charge in [0.05, 0.1) is 0 Å². The van der Waals surface area contributed by atoms with E-state index < -0.39 is 7.92 Å². The van der Waals surface area contributed by atoms with E-state index in [1.165, 1.54) is 44.0 Å². The number of rotatable bonds is 5. The van der Waals surface area contributed by atoms with Gasteiger partial charge in [-0.25, -0.2) is 9.48 Å². The van der Waals surface area contributed by atoms with Crippen LogP contribution in [-0.4, -0.2) is 24.0 Å². The van der Waals surface area contributed by atoms with Crippen LogP contribution in [0.15, 0.2) is 97.1 Å². The molecule has 1 heterocycles. The number of benzene rings is 4. The molecule has 0 atom stereocenters. The summed E-state index contributed by atoms with van der Waals surface area (Å²) in [5, 5.41) is 4.17. The first-order valence-corrected chi connectivity index (χ1v) is 12.9. The van der Waals surface area contributed by atoms with Crippen molar-refractivity contribution in [2.24, 2.45) is 0 Å². The molecule has 33 heavy (non-hydrogen) atoms. The molecule has 0 fully saturated rings. The summed E-state index contributed by atoms with van der Waals surface area (Å²) in [6.45, 7) is 8.60. The normalized spacial score (nSPS) is 13.5. The van der Waals surface area contributed by atoms with Crippen molar-refractivity contribution >= 4 is 41.5 Å². The number of hydrogen-bond acceptors (Lipinski definition) is 1. The van der Waals surface area contributed by atoms with Crippen LogP contribution in [0.3, 0.4) is 0 Å². The minimum atomic E-state index is -0.648. The Morgan fingerprint density at radius 3 is 1.85 bits per heavy atom. The molecule has 0 N–H and O–H groups in total. The van der Waals surface area contributed by atoms with E-state index in [1.807, 2.05) is 0 Å². The SMILES string of the molecule is Cc1cc(C)c([N+]2=CN(c3ccccc3P(c3ccccc3)c3ccccc3)CC2)c(C)c1. The maximum atomic E-state index is 2.44. The molecule has 0 saturated heterocycles. The predicted molar refractivity (Wildman–Crippen MR) is 144 cm³/mol.